The van der Waals surface area contributed by atoms with Crippen molar-refractivity contribution in [3.63, 3.8) is 0 Å². The molecular formula is C17H25N3O2. The summed E-state index contributed by atoms with van der Waals surface area (Å²) >= 11 is 0. The third kappa shape index (κ3) is 3.18. The van der Waals surface area contributed by atoms with Gasteiger partial charge in [-0.1, -0.05) is 13.8 Å². The quantitative estimate of drug-likeness (QED) is 0.926. The highest BCUT2D eigenvalue weighted by molar-refractivity contribution is 5.93. The molecule has 1 saturated carbocycles. The molecule has 1 atom stereocenters. The second-order valence-corrected chi connectivity index (χ2v) is 6.89. The third-order valence-electron chi connectivity index (χ3n) is 4.76. The van der Waals surface area contributed by atoms with Crippen molar-refractivity contribution < 1.29 is 9.59 Å². The van der Waals surface area contributed by atoms with Crippen LogP contribution < -0.4 is 0 Å². The van der Waals surface area contributed by atoms with E-state index in [1.54, 1.807) is 12.3 Å². The molecule has 120 valence electrons. The molecule has 2 aliphatic rings. The lowest BCUT2D eigenvalue weighted by Gasteiger charge is -2.34. The van der Waals surface area contributed by atoms with Gasteiger partial charge in [0.1, 0.15) is 5.69 Å². The summed E-state index contributed by atoms with van der Waals surface area (Å²) in [5.74, 6) is 1.22. The lowest BCUT2D eigenvalue weighted by Crippen LogP contribution is -2.48. The van der Waals surface area contributed by atoms with Crippen LogP contribution in [0.15, 0.2) is 18.3 Å². The zero-order valence-corrected chi connectivity index (χ0v) is 13.4. The molecule has 2 fully saturated rings. The highest BCUT2D eigenvalue weighted by Crippen LogP contribution is 2.32. The molecule has 0 radical (unpaired) electrons. The molecule has 5 heteroatoms. The Labute approximate surface area is 131 Å². The van der Waals surface area contributed by atoms with Gasteiger partial charge in [0.25, 0.3) is 5.91 Å². The van der Waals surface area contributed by atoms with E-state index in [0.29, 0.717) is 37.0 Å². The molecule has 1 aliphatic carbocycles. The van der Waals surface area contributed by atoms with Gasteiger partial charge < -0.3 is 14.8 Å². The van der Waals surface area contributed by atoms with Crippen LogP contribution in [0.25, 0.3) is 0 Å². The minimum atomic E-state index is -0.00304. The van der Waals surface area contributed by atoms with Crippen LogP contribution in [0.5, 0.6) is 0 Å². The van der Waals surface area contributed by atoms with E-state index in [-0.39, 0.29) is 17.9 Å². The molecule has 1 aliphatic heterocycles. The molecule has 0 spiro atoms. The van der Waals surface area contributed by atoms with Gasteiger partial charge in [-0.2, -0.15) is 0 Å². The van der Waals surface area contributed by atoms with Gasteiger partial charge in [0, 0.05) is 32.3 Å². The van der Waals surface area contributed by atoms with Crippen molar-refractivity contribution in [2.24, 2.45) is 11.8 Å². The first-order valence-electron chi connectivity index (χ1n) is 8.28. The number of aromatic nitrogens is 1. The van der Waals surface area contributed by atoms with Crippen LogP contribution >= 0.6 is 0 Å². The standard InChI is InChI=1S/C17H25N3O2/c1-12(2)15-11-19(17(22)14-4-3-8-18-14)9-7-16(21)20(15)10-13-5-6-13/h3-4,8,12-13,15,18H,5-7,9-11H2,1-2H3. The smallest absolute Gasteiger partial charge is 0.270 e. The summed E-state index contributed by atoms with van der Waals surface area (Å²) in [6, 6.07) is 3.74. The summed E-state index contributed by atoms with van der Waals surface area (Å²) in [5.41, 5.74) is 0.602. The Morgan fingerprint density at radius 1 is 1.41 bits per heavy atom. The van der Waals surface area contributed by atoms with Crippen LogP contribution in [0.4, 0.5) is 0 Å². The maximum Gasteiger partial charge on any atom is 0.270 e. The van der Waals surface area contributed by atoms with Crippen LogP contribution in [0.1, 0.15) is 43.6 Å². The van der Waals surface area contributed by atoms with Crippen molar-refractivity contribution >= 4 is 11.8 Å². The van der Waals surface area contributed by atoms with Gasteiger partial charge in [0.05, 0.1) is 6.04 Å². The Morgan fingerprint density at radius 3 is 2.77 bits per heavy atom. The number of amides is 2. The van der Waals surface area contributed by atoms with E-state index in [4.69, 9.17) is 0 Å². The SMILES string of the molecule is CC(C)C1CN(C(=O)c2ccc[nH]2)CCC(=O)N1CC1CC1. The molecular weight excluding hydrogens is 278 g/mol. The fourth-order valence-electron chi connectivity index (χ4n) is 3.18. The fraction of sp³-hybridized carbons (Fsp3) is 0.647. The van der Waals surface area contributed by atoms with E-state index >= 15 is 0 Å². The molecule has 1 unspecified atom stereocenters. The van der Waals surface area contributed by atoms with E-state index in [1.807, 2.05) is 15.9 Å². The van der Waals surface area contributed by atoms with Crippen molar-refractivity contribution in [2.45, 2.75) is 39.2 Å². The third-order valence-corrected chi connectivity index (χ3v) is 4.76. The molecule has 2 amide bonds. The zero-order valence-electron chi connectivity index (χ0n) is 13.4. The number of H-pyrrole nitrogens is 1. The highest BCUT2D eigenvalue weighted by Gasteiger charge is 2.36. The Morgan fingerprint density at radius 2 is 2.18 bits per heavy atom. The first kappa shape index (κ1) is 15.1. The minimum absolute atomic E-state index is 0.00304. The number of nitrogens with zero attached hydrogens (tertiary/aromatic N) is 2. The molecule has 1 aromatic rings. The maximum atomic E-state index is 12.6. The molecule has 1 N–H and O–H groups in total. The summed E-state index contributed by atoms with van der Waals surface area (Å²) in [4.78, 5) is 32.0. The normalized spacial score (nSPS) is 23.0. The van der Waals surface area contributed by atoms with Crippen molar-refractivity contribution in [1.29, 1.82) is 0 Å². The number of hydrogen-bond donors (Lipinski definition) is 1. The van der Waals surface area contributed by atoms with Gasteiger partial charge in [-0.25, -0.2) is 0 Å². The van der Waals surface area contributed by atoms with Crippen molar-refractivity contribution in [1.82, 2.24) is 14.8 Å². The van der Waals surface area contributed by atoms with Crippen molar-refractivity contribution in [3.05, 3.63) is 24.0 Å². The zero-order chi connectivity index (χ0) is 15.7. The summed E-state index contributed by atoms with van der Waals surface area (Å²) in [6.45, 7) is 6.29. The van der Waals surface area contributed by atoms with Gasteiger partial charge in [0.15, 0.2) is 0 Å². The van der Waals surface area contributed by atoms with Crippen molar-refractivity contribution in [2.75, 3.05) is 19.6 Å². The molecule has 5 nitrogen and oxygen atoms in total. The average molecular weight is 303 g/mol. The average Bonchev–Trinajstić information content (AvgIpc) is 3.18. The Balaban J connectivity index is 1.77. The first-order chi connectivity index (χ1) is 10.6. The van der Waals surface area contributed by atoms with E-state index in [1.165, 1.54) is 12.8 Å². The second kappa shape index (κ2) is 6.15. The molecule has 3 rings (SSSR count). The number of nitrogens with one attached hydrogen (secondary N) is 1. The molecule has 0 bridgehead atoms. The van der Waals surface area contributed by atoms with Gasteiger partial charge in [-0.05, 0) is 36.8 Å². The van der Waals surface area contributed by atoms with E-state index in [2.05, 4.69) is 18.8 Å². The Hall–Kier alpha value is -1.78. The Bertz CT molecular complexity index is 534. The van der Waals surface area contributed by atoms with E-state index < -0.39 is 0 Å². The van der Waals surface area contributed by atoms with Crippen LogP contribution in [0.3, 0.4) is 0 Å². The van der Waals surface area contributed by atoms with E-state index in [0.717, 1.165) is 6.54 Å². The van der Waals surface area contributed by atoms with Crippen molar-refractivity contribution in [3.8, 4) is 0 Å². The summed E-state index contributed by atoms with van der Waals surface area (Å²) in [5, 5.41) is 0. The largest absolute Gasteiger partial charge is 0.357 e. The topological polar surface area (TPSA) is 56.4 Å². The van der Waals surface area contributed by atoms with Gasteiger partial charge in [-0.15, -0.1) is 0 Å². The van der Waals surface area contributed by atoms with Crippen LogP contribution in [-0.2, 0) is 4.79 Å². The number of carbonyl (C=O) groups is 2. The molecule has 22 heavy (non-hydrogen) atoms. The second-order valence-electron chi connectivity index (χ2n) is 6.89. The summed E-state index contributed by atoms with van der Waals surface area (Å²) in [6.07, 6.45) is 4.66. The van der Waals surface area contributed by atoms with Crippen LogP contribution in [0, 0.1) is 11.8 Å². The summed E-state index contributed by atoms with van der Waals surface area (Å²) < 4.78 is 0. The fourth-order valence-corrected chi connectivity index (χ4v) is 3.18. The molecule has 1 aromatic heterocycles. The van der Waals surface area contributed by atoms with E-state index in [9.17, 15) is 9.59 Å². The van der Waals surface area contributed by atoms with Gasteiger partial charge >= 0.3 is 0 Å². The lowest BCUT2D eigenvalue weighted by atomic mass is 10.0. The monoisotopic (exact) mass is 303 g/mol. The Kier molecular flexibility index (Phi) is 4.23. The molecule has 2 heterocycles. The van der Waals surface area contributed by atoms with Crippen LogP contribution in [0.2, 0.25) is 0 Å². The summed E-state index contributed by atoms with van der Waals surface area (Å²) in [7, 11) is 0. The molecule has 0 aromatic carbocycles. The predicted octanol–water partition coefficient (Wildman–Crippen LogP) is 2.12. The first-order valence-corrected chi connectivity index (χ1v) is 8.28. The highest BCUT2D eigenvalue weighted by atomic mass is 16.2. The lowest BCUT2D eigenvalue weighted by molar-refractivity contribution is -0.133. The molecule has 1 saturated heterocycles. The number of aromatic amines is 1. The van der Waals surface area contributed by atoms with Crippen LogP contribution in [-0.4, -0.2) is 52.3 Å². The number of hydrogen-bond acceptors (Lipinski definition) is 2. The van der Waals surface area contributed by atoms with Gasteiger partial charge in [-0.3, -0.25) is 9.59 Å². The van der Waals surface area contributed by atoms with Gasteiger partial charge in [0.2, 0.25) is 5.91 Å². The number of rotatable bonds is 4. The minimum Gasteiger partial charge on any atom is -0.357 e. The predicted molar refractivity (Wildman–Crippen MR) is 84.4 cm³/mol. The number of carbonyl (C=O) groups excluding carboxylic acids is 2. The maximum absolute atomic E-state index is 12.6.